The lowest BCUT2D eigenvalue weighted by Gasteiger charge is -2.06. The third-order valence-electron chi connectivity index (χ3n) is 2.75. The zero-order valence-corrected chi connectivity index (χ0v) is 10.3. The average molecular weight is 259 g/mol. The Morgan fingerprint density at radius 3 is 2.47 bits per heavy atom. The van der Waals surface area contributed by atoms with Crippen molar-refractivity contribution in [3.05, 3.63) is 65.5 Å². The maximum absolute atomic E-state index is 13.3. The van der Waals surface area contributed by atoms with Crippen LogP contribution >= 0.6 is 0 Å². The van der Waals surface area contributed by atoms with Crippen LogP contribution in [0.3, 0.4) is 0 Å². The molecule has 0 heterocycles. The van der Waals surface area contributed by atoms with Crippen molar-refractivity contribution < 1.29 is 14.3 Å². The normalized spacial score (nSPS) is 10.2. The van der Waals surface area contributed by atoms with Crippen LogP contribution in [-0.4, -0.2) is 17.6 Å². The van der Waals surface area contributed by atoms with Crippen LogP contribution in [0.1, 0.15) is 15.9 Å². The van der Waals surface area contributed by atoms with E-state index >= 15 is 0 Å². The number of amides is 1. The van der Waals surface area contributed by atoms with E-state index in [0.29, 0.717) is 13.0 Å². The number of phenols is 1. The van der Waals surface area contributed by atoms with Gasteiger partial charge >= 0.3 is 0 Å². The quantitative estimate of drug-likeness (QED) is 0.886. The Bertz CT molecular complexity index is 567. The van der Waals surface area contributed by atoms with Gasteiger partial charge in [-0.3, -0.25) is 4.79 Å². The lowest BCUT2D eigenvalue weighted by molar-refractivity contribution is 0.0950. The molecule has 0 fully saturated rings. The van der Waals surface area contributed by atoms with Gasteiger partial charge in [-0.2, -0.15) is 0 Å². The second-order valence-corrected chi connectivity index (χ2v) is 4.15. The van der Waals surface area contributed by atoms with Gasteiger partial charge in [0, 0.05) is 6.54 Å². The summed E-state index contributed by atoms with van der Waals surface area (Å²) in [5.74, 6) is -0.736. The molecule has 1 amide bonds. The molecule has 0 atom stereocenters. The third kappa shape index (κ3) is 3.55. The van der Waals surface area contributed by atoms with Crippen LogP contribution in [0.2, 0.25) is 0 Å². The minimum Gasteiger partial charge on any atom is -0.508 e. The van der Waals surface area contributed by atoms with Gasteiger partial charge in [0.2, 0.25) is 0 Å². The fourth-order valence-electron chi connectivity index (χ4n) is 1.72. The Morgan fingerprint density at radius 2 is 1.79 bits per heavy atom. The standard InChI is InChI=1S/C15H14FNO2/c16-14-4-2-1-3-13(14)15(19)17-10-9-11-5-7-12(18)8-6-11/h1-8,18H,9-10H2,(H,17,19). The van der Waals surface area contributed by atoms with Crippen molar-refractivity contribution in [1.29, 1.82) is 0 Å². The lowest BCUT2D eigenvalue weighted by atomic mass is 10.1. The molecule has 0 aliphatic rings. The molecule has 0 unspecified atom stereocenters. The summed E-state index contributed by atoms with van der Waals surface area (Å²) in [7, 11) is 0. The van der Waals surface area contributed by atoms with Crippen LogP contribution in [0, 0.1) is 5.82 Å². The number of benzene rings is 2. The molecule has 0 aliphatic carbocycles. The fourth-order valence-corrected chi connectivity index (χ4v) is 1.72. The van der Waals surface area contributed by atoms with Crippen LogP contribution in [0.25, 0.3) is 0 Å². The van der Waals surface area contributed by atoms with Crippen LogP contribution in [-0.2, 0) is 6.42 Å². The maximum Gasteiger partial charge on any atom is 0.254 e. The molecule has 3 nitrogen and oxygen atoms in total. The summed E-state index contributed by atoms with van der Waals surface area (Å²) in [6.45, 7) is 0.415. The number of nitrogens with one attached hydrogen (secondary N) is 1. The predicted octanol–water partition coefficient (Wildman–Crippen LogP) is 2.50. The van der Waals surface area contributed by atoms with Gasteiger partial charge in [-0.25, -0.2) is 4.39 Å². The molecular weight excluding hydrogens is 245 g/mol. The number of carbonyl (C=O) groups is 1. The van der Waals surface area contributed by atoms with E-state index in [4.69, 9.17) is 5.11 Å². The van der Waals surface area contributed by atoms with Gasteiger partial charge < -0.3 is 10.4 Å². The van der Waals surface area contributed by atoms with E-state index in [1.54, 1.807) is 36.4 Å². The van der Waals surface area contributed by atoms with E-state index in [-0.39, 0.29) is 11.3 Å². The predicted molar refractivity (Wildman–Crippen MR) is 70.5 cm³/mol. The highest BCUT2D eigenvalue weighted by Crippen LogP contribution is 2.10. The number of hydrogen-bond acceptors (Lipinski definition) is 2. The van der Waals surface area contributed by atoms with Crippen molar-refractivity contribution in [3.63, 3.8) is 0 Å². The highest BCUT2D eigenvalue weighted by atomic mass is 19.1. The molecule has 0 saturated heterocycles. The molecule has 19 heavy (non-hydrogen) atoms. The molecule has 2 N–H and O–H groups in total. The van der Waals surface area contributed by atoms with Crippen molar-refractivity contribution in [1.82, 2.24) is 5.32 Å². The van der Waals surface area contributed by atoms with E-state index in [2.05, 4.69) is 5.32 Å². The summed E-state index contributed by atoms with van der Waals surface area (Å²) in [6.07, 6.45) is 0.625. The van der Waals surface area contributed by atoms with Crippen LogP contribution in [0.15, 0.2) is 48.5 Å². The summed E-state index contributed by atoms with van der Waals surface area (Å²) < 4.78 is 13.3. The van der Waals surface area contributed by atoms with Gasteiger partial charge in [0.05, 0.1) is 5.56 Å². The maximum atomic E-state index is 13.3. The molecule has 0 spiro atoms. The molecule has 0 aliphatic heterocycles. The van der Waals surface area contributed by atoms with Gasteiger partial charge in [-0.05, 0) is 36.2 Å². The van der Waals surface area contributed by atoms with Gasteiger partial charge in [0.15, 0.2) is 0 Å². The molecule has 0 aromatic heterocycles. The zero-order valence-electron chi connectivity index (χ0n) is 10.3. The first kappa shape index (κ1) is 13.1. The monoisotopic (exact) mass is 259 g/mol. The molecule has 0 radical (unpaired) electrons. The first-order chi connectivity index (χ1) is 9.16. The Hall–Kier alpha value is -2.36. The van der Waals surface area contributed by atoms with Crippen LogP contribution in [0.4, 0.5) is 4.39 Å². The molecule has 4 heteroatoms. The second-order valence-electron chi connectivity index (χ2n) is 4.15. The van der Waals surface area contributed by atoms with Crippen molar-refractivity contribution in [2.24, 2.45) is 0 Å². The number of phenolic OH excluding ortho intramolecular Hbond substituents is 1. The number of rotatable bonds is 4. The van der Waals surface area contributed by atoms with Crippen molar-refractivity contribution in [3.8, 4) is 5.75 Å². The van der Waals surface area contributed by atoms with E-state index in [1.807, 2.05) is 0 Å². The average Bonchev–Trinajstić information content (AvgIpc) is 2.41. The summed E-state index contributed by atoms with van der Waals surface area (Å²) in [5.41, 5.74) is 1.04. The number of carbonyl (C=O) groups excluding carboxylic acids is 1. The van der Waals surface area contributed by atoms with Crippen LogP contribution < -0.4 is 5.32 Å². The van der Waals surface area contributed by atoms with E-state index < -0.39 is 11.7 Å². The number of halogens is 1. The minimum absolute atomic E-state index is 0.0493. The summed E-state index contributed by atoms with van der Waals surface area (Å²) in [5, 5.41) is 11.8. The van der Waals surface area contributed by atoms with Crippen molar-refractivity contribution >= 4 is 5.91 Å². The molecule has 0 saturated carbocycles. The number of hydrogen-bond donors (Lipinski definition) is 2. The minimum atomic E-state index is -0.523. The largest absolute Gasteiger partial charge is 0.508 e. The van der Waals surface area contributed by atoms with Crippen LogP contribution in [0.5, 0.6) is 5.75 Å². The molecular formula is C15H14FNO2. The molecule has 0 bridgehead atoms. The number of aromatic hydroxyl groups is 1. The smallest absolute Gasteiger partial charge is 0.254 e. The molecule has 2 rings (SSSR count). The third-order valence-corrected chi connectivity index (χ3v) is 2.75. The van der Waals surface area contributed by atoms with E-state index in [9.17, 15) is 9.18 Å². The van der Waals surface area contributed by atoms with Gasteiger partial charge in [0.1, 0.15) is 11.6 Å². The summed E-state index contributed by atoms with van der Waals surface area (Å²) in [6, 6.07) is 12.6. The van der Waals surface area contributed by atoms with E-state index in [1.165, 1.54) is 12.1 Å². The first-order valence-corrected chi connectivity index (χ1v) is 5.97. The van der Waals surface area contributed by atoms with E-state index in [0.717, 1.165) is 5.56 Å². The Labute approximate surface area is 110 Å². The van der Waals surface area contributed by atoms with Crippen molar-refractivity contribution in [2.45, 2.75) is 6.42 Å². The Morgan fingerprint density at radius 1 is 1.11 bits per heavy atom. The summed E-state index contributed by atoms with van der Waals surface area (Å²) in [4.78, 5) is 11.7. The zero-order chi connectivity index (χ0) is 13.7. The van der Waals surface area contributed by atoms with Gasteiger partial charge in [-0.1, -0.05) is 24.3 Å². The van der Waals surface area contributed by atoms with Gasteiger partial charge in [0.25, 0.3) is 5.91 Å². The first-order valence-electron chi connectivity index (χ1n) is 5.97. The lowest BCUT2D eigenvalue weighted by Crippen LogP contribution is -2.26. The summed E-state index contributed by atoms with van der Waals surface area (Å²) >= 11 is 0. The second kappa shape index (κ2) is 6.00. The highest BCUT2D eigenvalue weighted by Gasteiger charge is 2.09. The van der Waals surface area contributed by atoms with Gasteiger partial charge in [-0.15, -0.1) is 0 Å². The van der Waals surface area contributed by atoms with Crippen molar-refractivity contribution in [2.75, 3.05) is 6.54 Å². The molecule has 2 aromatic carbocycles. The Kier molecular flexibility index (Phi) is 4.13. The highest BCUT2D eigenvalue weighted by molar-refractivity contribution is 5.94. The SMILES string of the molecule is O=C(NCCc1ccc(O)cc1)c1ccccc1F. The molecule has 98 valence electrons. The topological polar surface area (TPSA) is 49.3 Å². The Balaban J connectivity index is 1.88. The molecule has 2 aromatic rings. The fraction of sp³-hybridized carbons (Fsp3) is 0.133.